The van der Waals surface area contributed by atoms with E-state index in [1.165, 1.54) is 283 Å². The number of carbonyl (C=O) groups is 3. The topological polar surface area (TPSA) is 78.9 Å². The summed E-state index contributed by atoms with van der Waals surface area (Å²) in [5.74, 6) is -0.853. The molecule has 0 spiro atoms. The van der Waals surface area contributed by atoms with Gasteiger partial charge in [0.05, 0.1) is 0 Å². The maximum Gasteiger partial charge on any atom is 0.306 e. The van der Waals surface area contributed by atoms with Crippen LogP contribution in [0, 0.1) is 0 Å². The minimum atomic E-state index is -0.775. The molecule has 0 aliphatic rings. The molecule has 0 N–H and O–H groups in total. The lowest BCUT2D eigenvalue weighted by molar-refractivity contribution is -0.167. The van der Waals surface area contributed by atoms with Crippen molar-refractivity contribution in [3.63, 3.8) is 0 Å². The third-order valence-electron chi connectivity index (χ3n) is 16.2. The Labute approximate surface area is 487 Å². The highest BCUT2D eigenvalue weighted by molar-refractivity contribution is 5.71. The van der Waals surface area contributed by atoms with Crippen molar-refractivity contribution in [1.29, 1.82) is 0 Å². The Morgan fingerprint density at radius 1 is 0.256 bits per heavy atom. The second-order valence-corrected chi connectivity index (χ2v) is 24.2. The summed E-state index contributed by atoms with van der Waals surface area (Å²) in [7, 11) is 0. The molecule has 0 saturated heterocycles. The molecule has 0 radical (unpaired) electrons. The van der Waals surface area contributed by atoms with E-state index in [2.05, 4.69) is 45.1 Å². The lowest BCUT2D eigenvalue weighted by Gasteiger charge is -2.18. The summed E-state index contributed by atoms with van der Waals surface area (Å²) < 4.78 is 17.0. The number of hydrogen-bond donors (Lipinski definition) is 0. The first-order valence-corrected chi connectivity index (χ1v) is 35.3. The average molecular weight is 1100 g/mol. The number of hydrogen-bond acceptors (Lipinski definition) is 6. The fraction of sp³-hybridized carbons (Fsp3) is 0.903. The molecule has 6 heteroatoms. The first kappa shape index (κ1) is 75.9. The smallest absolute Gasteiger partial charge is 0.306 e. The first-order valence-electron chi connectivity index (χ1n) is 35.3. The predicted octanol–water partition coefficient (Wildman–Crippen LogP) is 24.2. The van der Waals surface area contributed by atoms with Gasteiger partial charge in [0.2, 0.25) is 0 Å². The van der Waals surface area contributed by atoms with Crippen LogP contribution in [0.4, 0.5) is 0 Å². The summed E-state index contributed by atoms with van der Waals surface area (Å²) in [4.78, 5) is 38.4. The van der Waals surface area contributed by atoms with Crippen LogP contribution in [0.1, 0.15) is 400 Å². The van der Waals surface area contributed by atoms with Crippen molar-refractivity contribution >= 4 is 17.9 Å². The summed E-state index contributed by atoms with van der Waals surface area (Å²) in [5.41, 5.74) is 0. The van der Waals surface area contributed by atoms with Gasteiger partial charge in [-0.1, -0.05) is 353 Å². The van der Waals surface area contributed by atoms with Crippen LogP contribution in [0.25, 0.3) is 0 Å². The maximum absolute atomic E-state index is 12.9. The van der Waals surface area contributed by atoms with Gasteiger partial charge in [-0.2, -0.15) is 0 Å². The molecule has 78 heavy (non-hydrogen) atoms. The molecule has 1 unspecified atom stereocenters. The number of esters is 3. The zero-order chi connectivity index (χ0) is 56.4. The van der Waals surface area contributed by atoms with Crippen LogP contribution in [-0.2, 0) is 28.6 Å². The monoisotopic (exact) mass is 1100 g/mol. The standard InChI is InChI=1S/C72H136O6/c1-4-7-10-13-16-19-22-25-28-31-32-33-34-35-36-37-38-39-40-41-42-45-47-50-53-56-59-62-65-71(74)77-68-69(78-72(75)66-63-60-57-54-51-48-44-30-27-24-21-18-15-12-9-6-3)67-76-70(73)64-61-58-55-52-49-46-43-29-26-23-20-17-14-11-8-5-2/h21,24,30,44,69H,4-20,22-23,25-29,31-43,45-68H2,1-3H3/b24-21-,44-30-. The third kappa shape index (κ3) is 64.7. The molecular weight excluding hydrogens is 961 g/mol. The van der Waals surface area contributed by atoms with Crippen molar-refractivity contribution in [1.82, 2.24) is 0 Å². The molecular formula is C72H136O6. The van der Waals surface area contributed by atoms with Gasteiger partial charge < -0.3 is 14.2 Å². The molecule has 1 atom stereocenters. The van der Waals surface area contributed by atoms with Gasteiger partial charge in [0, 0.05) is 19.3 Å². The Kier molecular flexibility index (Phi) is 65.6. The molecule has 0 aromatic carbocycles. The number of ether oxygens (including phenoxy) is 3. The van der Waals surface area contributed by atoms with Crippen LogP contribution in [0.2, 0.25) is 0 Å². The van der Waals surface area contributed by atoms with Gasteiger partial charge in [-0.3, -0.25) is 14.4 Å². The molecule has 0 amide bonds. The lowest BCUT2D eigenvalue weighted by atomic mass is 10.0. The highest BCUT2D eigenvalue weighted by Crippen LogP contribution is 2.19. The second-order valence-electron chi connectivity index (χ2n) is 24.2. The van der Waals surface area contributed by atoms with E-state index < -0.39 is 6.10 Å². The maximum atomic E-state index is 12.9. The van der Waals surface area contributed by atoms with Gasteiger partial charge in [0.25, 0.3) is 0 Å². The molecule has 0 aromatic rings. The first-order chi connectivity index (χ1) is 38.5. The van der Waals surface area contributed by atoms with Crippen molar-refractivity contribution in [3.05, 3.63) is 24.3 Å². The van der Waals surface area contributed by atoms with Gasteiger partial charge >= 0.3 is 17.9 Å². The van der Waals surface area contributed by atoms with Crippen LogP contribution in [0.15, 0.2) is 24.3 Å². The van der Waals surface area contributed by atoms with Gasteiger partial charge in [-0.15, -0.1) is 0 Å². The lowest BCUT2D eigenvalue weighted by Crippen LogP contribution is -2.30. The van der Waals surface area contributed by atoms with E-state index in [0.29, 0.717) is 19.3 Å². The van der Waals surface area contributed by atoms with Crippen molar-refractivity contribution in [2.75, 3.05) is 13.2 Å². The van der Waals surface area contributed by atoms with Crippen LogP contribution >= 0.6 is 0 Å². The molecule has 0 rings (SSSR count). The van der Waals surface area contributed by atoms with Gasteiger partial charge in [-0.05, 0) is 51.4 Å². The number of allylic oxidation sites excluding steroid dienone is 4. The summed E-state index contributed by atoms with van der Waals surface area (Å²) in [6.45, 7) is 6.69. The second kappa shape index (κ2) is 67.4. The van der Waals surface area contributed by atoms with Gasteiger partial charge in [0.1, 0.15) is 13.2 Å². The zero-order valence-electron chi connectivity index (χ0n) is 53.0. The molecule has 0 aliphatic heterocycles. The van der Waals surface area contributed by atoms with E-state index in [1.807, 2.05) is 0 Å². The summed E-state index contributed by atoms with van der Waals surface area (Å²) in [6, 6.07) is 0. The Morgan fingerprint density at radius 2 is 0.462 bits per heavy atom. The largest absolute Gasteiger partial charge is 0.462 e. The molecule has 0 bridgehead atoms. The van der Waals surface area contributed by atoms with E-state index in [4.69, 9.17) is 14.2 Å². The molecule has 0 saturated carbocycles. The van der Waals surface area contributed by atoms with E-state index in [1.54, 1.807) is 0 Å². The summed E-state index contributed by atoms with van der Waals surface area (Å²) in [6.07, 6.45) is 82.1. The number of carbonyl (C=O) groups excluding carboxylic acids is 3. The molecule has 0 fully saturated rings. The molecule has 0 aromatic heterocycles. The van der Waals surface area contributed by atoms with E-state index in [-0.39, 0.29) is 31.1 Å². The van der Waals surface area contributed by atoms with Crippen molar-refractivity contribution in [3.8, 4) is 0 Å². The predicted molar refractivity (Wildman–Crippen MR) is 340 cm³/mol. The summed E-state index contributed by atoms with van der Waals surface area (Å²) in [5, 5.41) is 0. The fourth-order valence-corrected chi connectivity index (χ4v) is 10.9. The van der Waals surface area contributed by atoms with Gasteiger partial charge in [0.15, 0.2) is 6.10 Å². The zero-order valence-corrected chi connectivity index (χ0v) is 53.0. The average Bonchev–Trinajstić information content (AvgIpc) is 3.44. The highest BCUT2D eigenvalue weighted by Gasteiger charge is 2.19. The minimum absolute atomic E-state index is 0.0707. The van der Waals surface area contributed by atoms with Crippen LogP contribution in [0.5, 0.6) is 0 Å². The Morgan fingerprint density at radius 3 is 0.718 bits per heavy atom. The van der Waals surface area contributed by atoms with Crippen molar-refractivity contribution in [2.24, 2.45) is 0 Å². The van der Waals surface area contributed by atoms with Crippen LogP contribution < -0.4 is 0 Å². The molecule has 0 heterocycles. The normalized spacial score (nSPS) is 12.1. The Balaban J connectivity index is 4.20. The van der Waals surface area contributed by atoms with Crippen molar-refractivity contribution in [2.45, 2.75) is 406 Å². The molecule has 6 nitrogen and oxygen atoms in total. The number of rotatable bonds is 66. The minimum Gasteiger partial charge on any atom is -0.462 e. The number of unbranched alkanes of at least 4 members (excludes halogenated alkanes) is 51. The van der Waals surface area contributed by atoms with Crippen LogP contribution in [0.3, 0.4) is 0 Å². The Hall–Kier alpha value is -2.11. The van der Waals surface area contributed by atoms with Gasteiger partial charge in [-0.25, -0.2) is 0 Å². The van der Waals surface area contributed by atoms with Crippen LogP contribution in [-0.4, -0.2) is 37.2 Å². The highest BCUT2D eigenvalue weighted by atomic mass is 16.6. The Bertz CT molecular complexity index is 1260. The van der Waals surface area contributed by atoms with E-state index in [0.717, 1.165) is 77.0 Å². The molecule has 0 aliphatic carbocycles. The van der Waals surface area contributed by atoms with Crippen molar-refractivity contribution < 1.29 is 28.6 Å². The fourth-order valence-electron chi connectivity index (χ4n) is 10.9. The molecule has 460 valence electrons. The van der Waals surface area contributed by atoms with E-state index in [9.17, 15) is 14.4 Å². The summed E-state index contributed by atoms with van der Waals surface area (Å²) >= 11 is 0. The quantitative estimate of drug-likeness (QED) is 0.0261. The van der Waals surface area contributed by atoms with E-state index >= 15 is 0 Å². The third-order valence-corrected chi connectivity index (χ3v) is 16.2. The SMILES string of the molecule is CCCCCC/C=C\C/C=C\CCCCCCCC(=O)OC(COC(=O)CCCCCCCCCCCCCCCCCC)COC(=O)CCCCCCCCCCCCCCCCCCCCCCCCCCCCCC.